The smallest absolute Gasteiger partial charge is 0.165 e. The predicted octanol–water partition coefficient (Wildman–Crippen LogP) is 6.03. The van der Waals surface area contributed by atoms with E-state index in [4.69, 9.17) is 9.98 Å². The first-order valence-corrected chi connectivity index (χ1v) is 12.7. The summed E-state index contributed by atoms with van der Waals surface area (Å²) in [6.07, 6.45) is 10.9. The lowest BCUT2D eigenvalue weighted by Gasteiger charge is -2.15. The van der Waals surface area contributed by atoms with Gasteiger partial charge in [-0.05, 0) is 72.4 Å². The fraction of sp³-hybridized carbons (Fsp3) is 0.393. The lowest BCUT2D eigenvalue weighted by Crippen LogP contribution is -2.13. The van der Waals surface area contributed by atoms with Gasteiger partial charge in [0.15, 0.2) is 5.78 Å². The average Bonchev–Trinajstić information content (AvgIpc) is 3.38. The Bertz CT molecular complexity index is 1210. The molecule has 33 heavy (non-hydrogen) atoms. The number of hydrogen-bond acceptors (Lipinski definition) is 5. The average molecular weight is 459 g/mol. The van der Waals surface area contributed by atoms with Crippen LogP contribution in [0.1, 0.15) is 77.6 Å². The van der Waals surface area contributed by atoms with Crippen molar-refractivity contribution in [3.05, 3.63) is 81.0 Å². The molecule has 2 unspecified atom stereocenters. The monoisotopic (exact) mass is 458 g/mol. The van der Waals surface area contributed by atoms with Gasteiger partial charge in [0.2, 0.25) is 0 Å². The Kier molecular flexibility index (Phi) is 5.79. The summed E-state index contributed by atoms with van der Waals surface area (Å²) in [6, 6.07) is 6.24. The molecule has 0 bridgehead atoms. The molecule has 1 aliphatic heterocycles. The SMILES string of the molecule is C=C1C=C(c2nc(CC)cs2)C=NC(C2CC3(CC3)c3ccc(C(=O)C(C)CCO)cc32)=C1. The Balaban J connectivity index is 1.47. The van der Waals surface area contributed by atoms with Crippen molar-refractivity contribution in [1.29, 1.82) is 0 Å². The highest BCUT2D eigenvalue weighted by atomic mass is 32.1. The molecule has 2 heterocycles. The molecule has 4 nitrogen and oxygen atoms in total. The number of nitrogens with zero attached hydrogens (tertiary/aromatic N) is 2. The number of carbonyl (C=O) groups excluding carboxylic acids is 1. The number of hydrogen-bond donors (Lipinski definition) is 1. The van der Waals surface area contributed by atoms with Crippen molar-refractivity contribution >= 4 is 28.9 Å². The van der Waals surface area contributed by atoms with E-state index in [1.807, 2.05) is 19.2 Å². The fourth-order valence-corrected chi connectivity index (χ4v) is 6.04. The van der Waals surface area contributed by atoms with Gasteiger partial charge in [-0.2, -0.15) is 0 Å². The lowest BCUT2D eigenvalue weighted by molar-refractivity contribution is 0.0908. The van der Waals surface area contributed by atoms with Crippen LogP contribution in [0.15, 0.2) is 58.6 Å². The number of rotatable bonds is 7. The van der Waals surface area contributed by atoms with E-state index in [0.717, 1.165) is 45.9 Å². The van der Waals surface area contributed by atoms with Crippen molar-refractivity contribution < 1.29 is 9.90 Å². The molecular formula is C28H30N2O2S. The first kappa shape index (κ1) is 22.2. The zero-order valence-corrected chi connectivity index (χ0v) is 20.1. The summed E-state index contributed by atoms with van der Waals surface area (Å²) in [5.74, 6) is 0.0759. The van der Waals surface area contributed by atoms with E-state index in [1.54, 1.807) is 11.3 Å². The molecule has 1 aromatic heterocycles. The number of aliphatic hydroxyl groups is 1. The highest BCUT2D eigenvalue weighted by molar-refractivity contribution is 7.11. The van der Waals surface area contributed by atoms with Crippen molar-refractivity contribution in [2.45, 2.75) is 57.3 Å². The molecule has 1 saturated carbocycles. The fourth-order valence-electron chi connectivity index (χ4n) is 5.15. The summed E-state index contributed by atoms with van der Waals surface area (Å²) in [5.41, 5.74) is 7.62. The van der Waals surface area contributed by atoms with Crippen LogP contribution in [-0.4, -0.2) is 28.7 Å². The highest BCUT2D eigenvalue weighted by Crippen LogP contribution is 2.62. The molecule has 1 fully saturated rings. The van der Waals surface area contributed by atoms with Crippen LogP contribution in [0.4, 0.5) is 0 Å². The summed E-state index contributed by atoms with van der Waals surface area (Å²) in [7, 11) is 0. The van der Waals surface area contributed by atoms with Crippen LogP contribution in [0, 0.1) is 5.92 Å². The van der Waals surface area contributed by atoms with E-state index < -0.39 is 0 Å². The quantitative estimate of drug-likeness (QED) is 0.515. The Labute approximate surface area is 199 Å². The largest absolute Gasteiger partial charge is 0.396 e. The van der Waals surface area contributed by atoms with Gasteiger partial charge in [-0.3, -0.25) is 9.79 Å². The third-order valence-corrected chi connectivity index (χ3v) is 8.23. The maximum absolute atomic E-state index is 12.9. The summed E-state index contributed by atoms with van der Waals surface area (Å²) in [4.78, 5) is 22.6. The second-order valence-electron chi connectivity index (χ2n) is 9.62. The maximum atomic E-state index is 12.9. The van der Waals surface area contributed by atoms with Gasteiger partial charge in [-0.25, -0.2) is 4.98 Å². The van der Waals surface area contributed by atoms with Crippen molar-refractivity contribution in [1.82, 2.24) is 4.98 Å². The molecule has 1 N–H and O–H groups in total. The second kappa shape index (κ2) is 8.62. The highest BCUT2D eigenvalue weighted by Gasteiger charge is 2.53. The van der Waals surface area contributed by atoms with Gasteiger partial charge in [0.1, 0.15) is 5.01 Å². The number of allylic oxidation sites excluding steroid dienone is 5. The zero-order valence-electron chi connectivity index (χ0n) is 19.3. The Morgan fingerprint density at radius 3 is 2.85 bits per heavy atom. The van der Waals surface area contributed by atoms with Crippen LogP contribution in [0.2, 0.25) is 0 Å². The number of ketones is 1. The summed E-state index contributed by atoms with van der Waals surface area (Å²) in [6.45, 7) is 8.30. The topological polar surface area (TPSA) is 62.5 Å². The molecule has 5 rings (SSSR count). The third kappa shape index (κ3) is 4.09. The number of aliphatic hydroxyl groups excluding tert-OH is 1. The molecule has 0 amide bonds. The minimum Gasteiger partial charge on any atom is -0.396 e. The van der Waals surface area contributed by atoms with Crippen LogP contribution in [0.25, 0.3) is 5.57 Å². The van der Waals surface area contributed by atoms with Gasteiger partial charge < -0.3 is 5.11 Å². The van der Waals surface area contributed by atoms with E-state index in [2.05, 4.69) is 43.2 Å². The first-order chi connectivity index (χ1) is 15.9. The molecule has 2 aliphatic carbocycles. The van der Waals surface area contributed by atoms with Crippen LogP contribution in [0.3, 0.4) is 0 Å². The molecule has 1 spiro atoms. The molecule has 5 heteroatoms. The standard InChI is InChI=1S/C28H30N2O2S/c1-4-21-16-33-27(30-21)20-11-17(2)12-25(29-15-20)23-14-28(8-9-28)24-6-5-19(13-22(23)24)26(32)18(3)7-10-31/h5-6,11-13,15-16,18,23,31H,2,4,7-10,14H2,1,3H3. The molecule has 170 valence electrons. The number of aromatic nitrogens is 1. The van der Waals surface area contributed by atoms with Crippen molar-refractivity contribution in [2.24, 2.45) is 10.9 Å². The molecule has 0 saturated heterocycles. The van der Waals surface area contributed by atoms with Gasteiger partial charge in [0.25, 0.3) is 0 Å². The predicted molar refractivity (Wildman–Crippen MR) is 135 cm³/mol. The molecule has 3 aliphatic rings. The lowest BCUT2D eigenvalue weighted by atomic mass is 9.91. The summed E-state index contributed by atoms with van der Waals surface area (Å²) < 4.78 is 0. The van der Waals surface area contributed by atoms with Gasteiger partial charge in [-0.1, -0.05) is 32.6 Å². The molecule has 0 radical (unpaired) electrons. The number of fused-ring (bicyclic) bond motifs is 2. The van der Waals surface area contributed by atoms with Crippen LogP contribution < -0.4 is 0 Å². The van der Waals surface area contributed by atoms with E-state index in [-0.39, 0.29) is 29.6 Å². The van der Waals surface area contributed by atoms with Gasteiger partial charge in [0.05, 0.1) is 5.69 Å². The Morgan fingerprint density at radius 2 is 2.15 bits per heavy atom. The normalized spacial score (nSPS) is 21.4. The van der Waals surface area contributed by atoms with Gasteiger partial charge >= 0.3 is 0 Å². The first-order valence-electron chi connectivity index (χ1n) is 11.8. The van der Waals surface area contributed by atoms with Gasteiger partial charge in [-0.15, -0.1) is 11.3 Å². The van der Waals surface area contributed by atoms with E-state index >= 15 is 0 Å². The molecular weight excluding hydrogens is 428 g/mol. The van der Waals surface area contributed by atoms with Crippen LogP contribution in [0.5, 0.6) is 0 Å². The van der Waals surface area contributed by atoms with Crippen molar-refractivity contribution in [3.8, 4) is 0 Å². The minimum absolute atomic E-state index is 0.0292. The number of thiazole rings is 1. The number of carbonyl (C=O) groups is 1. The van der Waals surface area contributed by atoms with E-state index in [9.17, 15) is 9.90 Å². The number of aryl methyl sites for hydroxylation is 1. The molecule has 2 aromatic rings. The van der Waals surface area contributed by atoms with E-state index in [1.165, 1.54) is 24.0 Å². The van der Waals surface area contributed by atoms with Crippen LogP contribution >= 0.6 is 11.3 Å². The number of aliphatic imine (C=N–C) groups is 1. The zero-order chi connectivity index (χ0) is 23.2. The summed E-state index contributed by atoms with van der Waals surface area (Å²) >= 11 is 1.65. The minimum atomic E-state index is -0.184. The van der Waals surface area contributed by atoms with Crippen molar-refractivity contribution in [3.63, 3.8) is 0 Å². The second-order valence-corrected chi connectivity index (χ2v) is 10.5. The summed E-state index contributed by atoms with van der Waals surface area (Å²) in [5, 5.41) is 12.3. The van der Waals surface area contributed by atoms with Gasteiger partial charge in [0, 0.05) is 46.9 Å². The Hall–Kier alpha value is -2.63. The third-order valence-electron chi connectivity index (χ3n) is 7.29. The van der Waals surface area contributed by atoms with Crippen molar-refractivity contribution in [2.75, 3.05) is 6.61 Å². The van der Waals surface area contributed by atoms with Crippen LogP contribution in [-0.2, 0) is 11.8 Å². The molecule has 1 aromatic carbocycles. The Morgan fingerprint density at radius 1 is 1.33 bits per heavy atom. The van der Waals surface area contributed by atoms with E-state index in [0.29, 0.717) is 6.42 Å². The maximum Gasteiger partial charge on any atom is 0.165 e. The number of Topliss-reactive ketones (excluding diaryl/α,β-unsaturated/α-hetero) is 1. The number of benzene rings is 1. The molecule has 2 atom stereocenters.